The maximum absolute atomic E-state index is 12.8. The molecule has 0 aromatic heterocycles. The Hall–Kier alpha value is -1.08. The van der Waals surface area contributed by atoms with Crippen molar-refractivity contribution in [3.05, 3.63) is 28.5 Å². The molecule has 80 valence electrons. The number of halogens is 2. The van der Waals surface area contributed by atoms with Crippen LogP contribution in [-0.4, -0.2) is 6.61 Å². The molecule has 0 N–H and O–H groups in total. The Bertz CT molecular complexity index is 362. The summed E-state index contributed by atoms with van der Waals surface area (Å²) in [7, 11) is 0. The van der Waals surface area contributed by atoms with Crippen LogP contribution in [0.3, 0.4) is 0 Å². The smallest absolute Gasteiger partial charge is 0.136 e. The molecule has 0 amide bonds. The average Bonchev–Trinajstić information content (AvgIpc) is 2.23. The van der Waals surface area contributed by atoms with Crippen molar-refractivity contribution in [1.82, 2.24) is 0 Å². The summed E-state index contributed by atoms with van der Waals surface area (Å²) in [4.78, 5) is 0. The SMILES string of the molecule is N#CCCCCOc1cc(F)ccc1Br. The van der Waals surface area contributed by atoms with Crippen LogP contribution in [0.25, 0.3) is 0 Å². The van der Waals surface area contributed by atoms with Crippen molar-refractivity contribution in [3.63, 3.8) is 0 Å². The maximum Gasteiger partial charge on any atom is 0.136 e. The summed E-state index contributed by atoms with van der Waals surface area (Å²) < 4.78 is 18.9. The molecule has 0 aliphatic carbocycles. The summed E-state index contributed by atoms with van der Waals surface area (Å²) in [6.45, 7) is 0.504. The third kappa shape index (κ3) is 4.30. The second kappa shape index (κ2) is 6.41. The van der Waals surface area contributed by atoms with Crippen LogP contribution in [0, 0.1) is 17.1 Å². The van der Waals surface area contributed by atoms with Gasteiger partial charge in [-0.15, -0.1) is 0 Å². The third-order valence-corrected chi connectivity index (χ3v) is 2.49. The van der Waals surface area contributed by atoms with Gasteiger partial charge in [-0.25, -0.2) is 4.39 Å². The van der Waals surface area contributed by atoms with Crippen LogP contribution in [0.15, 0.2) is 22.7 Å². The van der Waals surface area contributed by atoms with Gasteiger partial charge in [0.2, 0.25) is 0 Å². The summed E-state index contributed by atoms with van der Waals surface area (Å²) in [5.74, 6) is 0.192. The Morgan fingerprint density at radius 1 is 1.40 bits per heavy atom. The number of hydrogen-bond acceptors (Lipinski definition) is 2. The summed E-state index contributed by atoms with van der Waals surface area (Å²) in [5.41, 5.74) is 0. The lowest BCUT2D eigenvalue weighted by Gasteiger charge is -2.07. The monoisotopic (exact) mass is 271 g/mol. The molecule has 15 heavy (non-hydrogen) atoms. The Balaban J connectivity index is 2.37. The van der Waals surface area contributed by atoms with E-state index in [0.717, 1.165) is 17.3 Å². The zero-order chi connectivity index (χ0) is 11.1. The summed E-state index contributed by atoms with van der Waals surface area (Å²) in [6, 6.07) is 6.38. The van der Waals surface area contributed by atoms with E-state index in [2.05, 4.69) is 22.0 Å². The molecule has 0 radical (unpaired) electrons. The fourth-order valence-corrected chi connectivity index (χ4v) is 1.44. The molecule has 0 atom stereocenters. The van der Waals surface area contributed by atoms with Crippen LogP contribution in [0.2, 0.25) is 0 Å². The lowest BCUT2D eigenvalue weighted by atomic mass is 10.2. The lowest BCUT2D eigenvalue weighted by molar-refractivity contribution is 0.304. The van der Waals surface area contributed by atoms with E-state index in [4.69, 9.17) is 10.00 Å². The molecule has 0 bridgehead atoms. The van der Waals surface area contributed by atoms with Crippen molar-refractivity contribution in [1.29, 1.82) is 5.26 Å². The highest BCUT2D eigenvalue weighted by atomic mass is 79.9. The first kappa shape index (κ1) is 12.0. The van der Waals surface area contributed by atoms with E-state index in [0.29, 0.717) is 18.8 Å². The van der Waals surface area contributed by atoms with Crippen LogP contribution >= 0.6 is 15.9 Å². The first-order chi connectivity index (χ1) is 7.24. The van der Waals surface area contributed by atoms with Gasteiger partial charge < -0.3 is 4.74 Å². The number of rotatable bonds is 5. The molecule has 0 unspecified atom stereocenters. The van der Waals surface area contributed by atoms with E-state index >= 15 is 0 Å². The molecule has 4 heteroatoms. The molecular formula is C11H11BrFNO. The number of nitriles is 1. The molecule has 0 saturated heterocycles. The molecule has 0 aliphatic heterocycles. The number of unbranched alkanes of at least 4 members (excludes halogenated alkanes) is 2. The number of ether oxygens (including phenoxy) is 1. The predicted octanol–water partition coefficient (Wildman–Crippen LogP) is 3.66. The van der Waals surface area contributed by atoms with Crippen molar-refractivity contribution < 1.29 is 9.13 Å². The second-order valence-corrected chi connectivity index (χ2v) is 3.89. The molecule has 2 nitrogen and oxygen atoms in total. The lowest BCUT2D eigenvalue weighted by Crippen LogP contribution is -1.98. The van der Waals surface area contributed by atoms with Gasteiger partial charge in [0, 0.05) is 12.5 Å². The van der Waals surface area contributed by atoms with Gasteiger partial charge in [-0.1, -0.05) is 0 Å². The van der Waals surface area contributed by atoms with E-state index in [1.54, 1.807) is 6.07 Å². The maximum atomic E-state index is 12.8. The van der Waals surface area contributed by atoms with Crippen molar-refractivity contribution in [2.45, 2.75) is 19.3 Å². The number of benzene rings is 1. The quantitative estimate of drug-likeness (QED) is 0.766. The molecule has 0 saturated carbocycles. The van der Waals surface area contributed by atoms with Crippen molar-refractivity contribution in [2.24, 2.45) is 0 Å². The normalized spacial score (nSPS) is 9.67. The van der Waals surface area contributed by atoms with E-state index in [9.17, 15) is 4.39 Å². The highest BCUT2D eigenvalue weighted by Gasteiger charge is 2.02. The minimum atomic E-state index is -0.315. The molecule has 1 aromatic carbocycles. The molecule has 0 aliphatic rings. The van der Waals surface area contributed by atoms with Crippen LogP contribution in [-0.2, 0) is 0 Å². The van der Waals surface area contributed by atoms with Crippen LogP contribution in [0.1, 0.15) is 19.3 Å². The van der Waals surface area contributed by atoms with Gasteiger partial charge in [0.05, 0.1) is 17.1 Å². The minimum absolute atomic E-state index is 0.315. The molecule has 1 aromatic rings. The number of hydrogen-bond donors (Lipinski definition) is 0. The first-order valence-corrected chi connectivity index (χ1v) is 5.48. The van der Waals surface area contributed by atoms with Gasteiger partial charge in [-0.2, -0.15) is 5.26 Å². The predicted molar refractivity (Wildman–Crippen MR) is 59.1 cm³/mol. The zero-order valence-corrected chi connectivity index (χ0v) is 9.76. The van der Waals surface area contributed by atoms with Crippen LogP contribution < -0.4 is 4.74 Å². The highest BCUT2D eigenvalue weighted by molar-refractivity contribution is 9.10. The van der Waals surface area contributed by atoms with Gasteiger partial charge >= 0.3 is 0 Å². The Morgan fingerprint density at radius 2 is 2.20 bits per heavy atom. The Morgan fingerprint density at radius 3 is 2.93 bits per heavy atom. The van der Waals surface area contributed by atoms with E-state index in [1.807, 2.05) is 0 Å². The molecule has 0 heterocycles. The fourth-order valence-electron chi connectivity index (χ4n) is 1.08. The average molecular weight is 272 g/mol. The molecule has 0 spiro atoms. The Kier molecular flexibility index (Phi) is 5.13. The van der Waals surface area contributed by atoms with E-state index in [1.165, 1.54) is 12.1 Å². The first-order valence-electron chi connectivity index (χ1n) is 4.69. The third-order valence-electron chi connectivity index (χ3n) is 1.83. The van der Waals surface area contributed by atoms with Crippen molar-refractivity contribution >= 4 is 15.9 Å². The van der Waals surface area contributed by atoms with Gasteiger partial charge in [-0.3, -0.25) is 0 Å². The van der Waals surface area contributed by atoms with Crippen LogP contribution in [0.4, 0.5) is 4.39 Å². The zero-order valence-electron chi connectivity index (χ0n) is 8.17. The van der Waals surface area contributed by atoms with Gasteiger partial charge in [0.1, 0.15) is 11.6 Å². The molecule has 0 fully saturated rings. The fraction of sp³-hybridized carbons (Fsp3) is 0.364. The van der Waals surface area contributed by atoms with Gasteiger partial charge in [0.25, 0.3) is 0 Å². The highest BCUT2D eigenvalue weighted by Crippen LogP contribution is 2.25. The largest absolute Gasteiger partial charge is 0.492 e. The Labute approximate surface area is 96.8 Å². The van der Waals surface area contributed by atoms with Crippen molar-refractivity contribution in [3.8, 4) is 11.8 Å². The van der Waals surface area contributed by atoms with E-state index in [-0.39, 0.29) is 5.82 Å². The van der Waals surface area contributed by atoms with Gasteiger partial charge in [0.15, 0.2) is 0 Å². The molecule has 1 rings (SSSR count). The summed E-state index contributed by atoms with van der Waals surface area (Å²) in [6.07, 6.45) is 2.15. The van der Waals surface area contributed by atoms with Crippen LogP contribution in [0.5, 0.6) is 5.75 Å². The standard InChI is InChI=1S/C11H11BrFNO/c12-10-5-4-9(13)8-11(10)15-7-3-1-2-6-14/h4-5,8H,1-3,7H2. The van der Waals surface area contributed by atoms with Gasteiger partial charge in [-0.05, 0) is 40.9 Å². The van der Waals surface area contributed by atoms with Crippen molar-refractivity contribution in [2.75, 3.05) is 6.61 Å². The number of nitrogens with zero attached hydrogens (tertiary/aromatic N) is 1. The second-order valence-electron chi connectivity index (χ2n) is 3.04. The summed E-state index contributed by atoms with van der Waals surface area (Å²) >= 11 is 3.27. The molecular weight excluding hydrogens is 261 g/mol. The summed E-state index contributed by atoms with van der Waals surface area (Å²) in [5, 5.41) is 8.32. The van der Waals surface area contributed by atoms with E-state index < -0.39 is 0 Å². The topological polar surface area (TPSA) is 33.0 Å². The minimum Gasteiger partial charge on any atom is -0.492 e.